The van der Waals surface area contributed by atoms with Crippen molar-refractivity contribution in [2.45, 2.75) is 18.9 Å². The Morgan fingerprint density at radius 2 is 1.51 bits per heavy atom. The second kappa shape index (κ2) is 10.6. The fraction of sp³-hybridized carbons (Fsp3) is 0.185. The normalized spacial score (nSPS) is 15.3. The summed E-state index contributed by atoms with van der Waals surface area (Å²) in [7, 11) is 1.29. The topological polar surface area (TPSA) is 96.0 Å². The van der Waals surface area contributed by atoms with Crippen LogP contribution in [-0.4, -0.2) is 48.4 Å². The third-order valence-electron chi connectivity index (χ3n) is 5.79. The SMILES string of the molecule is COC(=O)c1ccc(NC(=O)C[C@H]2C(=O)N(c3ccccc3)C(=O)N2CCc2ccccc2)cc1. The molecule has 0 unspecified atom stereocenters. The Hall–Kier alpha value is -4.46. The van der Waals surface area contributed by atoms with Gasteiger partial charge in [0.15, 0.2) is 0 Å². The monoisotopic (exact) mass is 471 g/mol. The van der Waals surface area contributed by atoms with Crippen molar-refractivity contribution in [3.05, 3.63) is 96.1 Å². The number of imide groups is 1. The highest BCUT2D eigenvalue weighted by molar-refractivity contribution is 6.22. The van der Waals surface area contributed by atoms with Crippen molar-refractivity contribution in [2.75, 3.05) is 23.9 Å². The third-order valence-corrected chi connectivity index (χ3v) is 5.79. The average molecular weight is 472 g/mol. The van der Waals surface area contributed by atoms with E-state index in [1.165, 1.54) is 24.1 Å². The molecule has 3 aromatic carbocycles. The van der Waals surface area contributed by atoms with Gasteiger partial charge in [-0.15, -0.1) is 0 Å². The zero-order valence-corrected chi connectivity index (χ0v) is 19.2. The number of amides is 4. The number of carbonyl (C=O) groups is 4. The van der Waals surface area contributed by atoms with Gasteiger partial charge < -0.3 is 15.0 Å². The number of carbonyl (C=O) groups excluding carboxylic acids is 4. The predicted octanol–water partition coefficient (Wildman–Crippen LogP) is 3.88. The zero-order valence-electron chi connectivity index (χ0n) is 19.2. The van der Waals surface area contributed by atoms with Crippen LogP contribution in [0.1, 0.15) is 22.3 Å². The molecule has 0 aromatic heterocycles. The van der Waals surface area contributed by atoms with Crippen molar-refractivity contribution in [1.82, 2.24) is 4.90 Å². The van der Waals surface area contributed by atoms with Crippen molar-refractivity contribution in [1.29, 1.82) is 0 Å². The number of hydrogen-bond acceptors (Lipinski definition) is 5. The number of methoxy groups -OCH3 is 1. The van der Waals surface area contributed by atoms with E-state index in [9.17, 15) is 19.2 Å². The van der Waals surface area contributed by atoms with Crippen LogP contribution >= 0.6 is 0 Å². The maximum atomic E-state index is 13.3. The maximum Gasteiger partial charge on any atom is 0.337 e. The molecule has 1 saturated heterocycles. The molecule has 0 aliphatic carbocycles. The van der Waals surface area contributed by atoms with Gasteiger partial charge in [0.25, 0.3) is 5.91 Å². The highest BCUT2D eigenvalue weighted by atomic mass is 16.5. The number of anilines is 2. The van der Waals surface area contributed by atoms with E-state index < -0.39 is 29.9 Å². The number of nitrogens with one attached hydrogen (secondary N) is 1. The molecule has 1 aliphatic heterocycles. The molecule has 0 spiro atoms. The van der Waals surface area contributed by atoms with Gasteiger partial charge in [0, 0.05) is 12.2 Å². The lowest BCUT2D eigenvalue weighted by atomic mass is 10.1. The minimum Gasteiger partial charge on any atom is -0.465 e. The Morgan fingerprint density at radius 1 is 0.886 bits per heavy atom. The van der Waals surface area contributed by atoms with Crippen LogP contribution in [-0.2, 0) is 20.7 Å². The number of urea groups is 1. The van der Waals surface area contributed by atoms with Crippen LogP contribution in [0.15, 0.2) is 84.9 Å². The van der Waals surface area contributed by atoms with Crippen molar-refractivity contribution < 1.29 is 23.9 Å². The van der Waals surface area contributed by atoms with E-state index in [4.69, 9.17) is 0 Å². The molecule has 8 heteroatoms. The Balaban J connectivity index is 1.51. The Kier molecular flexibility index (Phi) is 7.21. The van der Waals surface area contributed by atoms with E-state index >= 15 is 0 Å². The smallest absolute Gasteiger partial charge is 0.337 e. The molecule has 1 N–H and O–H groups in total. The summed E-state index contributed by atoms with van der Waals surface area (Å²) in [5.74, 6) is -1.33. The molecule has 8 nitrogen and oxygen atoms in total. The number of ether oxygens (including phenoxy) is 1. The van der Waals surface area contributed by atoms with Gasteiger partial charge in [-0.3, -0.25) is 9.59 Å². The molecule has 1 fully saturated rings. The molecule has 178 valence electrons. The first-order chi connectivity index (χ1) is 17.0. The predicted molar refractivity (Wildman–Crippen MR) is 131 cm³/mol. The van der Waals surface area contributed by atoms with Gasteiger partial charge in [-0.1, -0.05) is 48.5 Å². The second-order valence-electron chi connectivity index (χ2n) is 8.06. The van der Waals surface area contributed by atoms with Gasteiger partial charge in [-0.25, -0.2) is 14.5 Å². The van der Waals surface area contributed by atoms with E-state index in [0.29, 0.717) is 29.9 Å². The first-order valence-corrected chi connectivity index (χ1v) is 11.2. The summed E-state index contributed by atoms with van der Waals surface area (Å²) in [6.45, 7) is 0.295. The number of rotatable bonds is 8. The van der Waals surface area contributed by atoms with E-state index in [2.05, 4.69) is 10.1 Å². The van der Waals surface area contributed by atoms with Crippen LogP contribution in [0.3, 0.4) is 0 Å². The van der Waals surface area contributed by atoms with E-state index in [1.54, 1.807) is 42.5 Å². The van der Waals surface area contributed by atoms with Crippen LogP contribution in [0.2, 0.25) is 0 Å². The van der Waals surface area contributed by atoms with E-state index in [-0.39, 0.29) is 6.42 Å². The Bertz CT molecular complexity index is 1210. The lowest BCUT2D eigenvalue weighted by Gasteiger charge is -2.21. The summed E-state index contributed by atoms with van der Waals surface area (Å²) in [6, 6.07) is 23.2. The highest BCUT2D eigenvalue weighted by Gasteiger charge is 2.46. The van der Waals surface area contributed by atoms with Gasteiger partial charge in [-0.2, -0.15) is 0 Å². The van der Waals surface area contributed by atoms with Crippen molar-refractivity contribution in [3.63, 3.8) is 0 Å². The second-order valence-corrected chi connectivity index (χ2v) is 8.06. The molecule has 0 saturated carbocycles. The van der Waals surface area contributed by atoms with Crippen molar-refractivity contribution in [3.8, 4) is 0 Å². The van der Waals surface area contributed by atoms with Crippen molar-refractivity contribution in [2.24, 2.45) is 0 Å². The fourth-order valence-electron chi connectivity index (χ4n) is 3.99. The number of benzene rings is 3. The minimum absolute atomic E-state index is 0.193. The van der Waals surface area contributed by atoms with Crippen LogP contribution < -0.4 is 10.2 Å². The van der Waals surface area contributed by atoms with Gasteiger partial charge in [0.1, 0.15) is 6.04 Å². The number of nitrogens with zero attached hydrogens (tertiary/aromatic N) is 2. The van der Waals surface area contributed by atoms with Gasteiger partial charge in [0.05, 0.1) is 24.8 Å². The van der Waals surface area contributed by atoms with Gasteiger partial charge >= 0.3 is 12.0 Å². The summed E-state index contributed by atoms with van der Waals surface area (Å²) in [6.07, 6.45) is 0.358. The standard InChI is InChI=1S/C27H25N3O5/c1-35-26(33)20-12-14-21(15-13-20)28-24(31)18-23-25(32)30(22-10-6-3-7-11-22)27(34)29(23)17-16-19-8-4-2-5-9-19/h2-15,23H,16-18H2,1H3,(H,28,31)/t23-/m0/s1. The average Bonchev–Trinajstić information content (AvgIpc) is 3.12. The van der Waals surface area contributed by atoms with E-state index in [1.807, 2.05) is 30.3 Å². The lowest BCUT2D eigenvalue weighted by molar-refractivity contribution is -0.124. The van der Waals surface area contributed by atoms with Gasteiger partial charge in [-0.05, 0) is 48.4 Å². The van der Waals surface area contributed by atoms with Crippen LogP contribution in [0.25, 0.3) is 0 Å². The molecule has 1 heterocycles. The summed E-state index contributed by atoms with van der Waals surface area (Å²) in [5, 5.41) is 2.74. The third kappa shape index (κ3) is 5.38. The van der Waals surface area contributed by atoms with Crippen LogP contribution in [0, 0.1) is 0 Å². The summed E-state index contributed by atoms with van der Waals surface area (Å²) in [4.78, 5) is 53.6. The number of hydrogen-bond donors (Lipinski definition) is 1. The van der Waals surface area contributed by atoms with Crippen molar-refractivity contribution >= 4 is 35.2 Å². The molecule has 1 aliphatic rings. The Labute approximate surface area is 203 Å². The lowest BCUT2D eigenvalue weighted by Crippen LogP contribution is -2.39. The molecule has 35 heavy (non-hydrogen) atoms. The van der Waals surface area contributed by atoms with Gasteiger partial charge in [0.2, 0.25) is 5.91 Å². The summed E-state index contributed by atoms with van der Waals surface area (Å²) < 4.78 is 4.68. The van der Waals surface area contributed by atoms with Crippen LogP contribution in [0.4, 0.5) is 16.2 Å². The molecule has 0 radical (unpaired) electrons. The van der Waals surface area contributed by atoms with Crippen LogP contribution in [0.5, 0.6) is 0 Å². The van der Waals surface area contributed by atoms with E-state index in [0.717, 1.165) is 10.5 Å². The molecule has 0 bridgehead atoms. The summed E-state index contributed by atoms with van der Waals surface area (Å²) in [5.41, 5.74) is 2.32. The number of esters is 1. The zero-order chi connectivity index (χ0) is 24.8. The molecule has 4 rings (SSSR count). The first-order valence-electron chi connectivity index (χ1n) is 11.2. The molecule has 4 amide bonds. The molecular formula is C27H25N3O5. The highest BCUT2D eigenvalue weighted by Crippen LogP contribution is 2.27. The number of para-hydroxylation sites is 1. The first kappa shape index (κ1) is 23.7. The quantitative estimate of drug-likeness (QED) is 0.397. The largest absolute Gasteiger partial charge is 0.465 e. The summed E-state index contributed by atoms with van der Waals surface area (Å²) >= 11 is 0. The maximum absolute atomic E-state index is 13.3. The molecule has 3 aromatic rings. The fourth-order valence-corrected chi connectivity index (χ4v) is 3.99. The minimum atomic E-state index is -0.930. The molecule has 1 atom stereocenters. The molecular weight excluding hydrogens is 446 g/mol. The Morgan fingerprint density at radius 3 is 2.14 bits per heavy atom.